The van der Waals surface area contributed by atoms with Gasteiger partial charge in [0.15, 0.2) is 17.7 Å². The molecule has 0 aliphatic carbocycles. The number of benzene rings is 1. The van der Waals surface area contributed by atoms with Gasteiger partial charge >= 0.3 is 23.5 Å². The third-order valence-electron chi connectivity index (χ3n) is 7.74. The van der Waals surface area contributed by atoms with Gasteiger partial charge in [0.25, 0.3) is 0 Å². The van der Waals surface area contributed by atoms with E-state index < -0.39 is 84.6 Å². The maximum absolute atomic E-state index is 12.7. The van der Waals surface area contributed by atoms with Crippen molar-refractivity contribution >= 4 is 69.1 Å². The highest BCUT2D eigenvalue weighted by molar-refractivity contribution is 8.14. The molecule has 310 valence electrons. The quantitative estimate of drug-likeness (QED) is 0.0532. The van der Waals surface area contributed by atoms with E-state index in [1.54, 1.807) is 30.3 Å². The molecule has 1 aliphatic rings. The second-order valence-corrected chi connectivity index (χ2v) is 17.9. The summed E-state index contributed by atoms with van der Waals surface area (Å²) in [5.74, 6) is -1.17. The first-order chi connectivity index (χ1) is 26.1. The van der Waals surface area contributed by atoms with Crippen molar-refractivity contribution in [3.63, 3.8) is 0 Å². The lowest BCUT2D eigenvalue weighted by Crippen LogP contribution is -2.46. The molecule has 1 saturated heterocycles. The molecule has 0 spiro atoms. The Bertz CT molecular complexity index is 2000. The molecule has 1 aliphatic heterocycles. The van der Waals surface area contributed by atoms with Crippen molar-refractivity contribution < 1.29 is 80.5 Å². The first kappa shape index (κ1) is 45.5. The zero-order chi connectivity index (χ0) is 41.5. The van der Waals surface area contributed by atoms with Crippen LogP contribution in [0.25, 0.3) is 11.2 Å². The molecule has 24 nitrogen and oxygen atoms in total. The molecule has 2 amide bonds. The smallest absolute Gasteiger partial charge is 0.386 e. The number of nitrogen functional groups attached to an aromatic ring is 1. The van der Waals surface area contributed by atoms with Gasteiger partial charge in [-0.3, -0.25) is 32.5 Å². The Labute approximate surface area is 321 Å². The number of nitrogens with two attached hydrogens (primary N) is 1. The number of nitrogens with zero attached hydrogens (tertiary/aromatic N) is 4. The van der Waals surface area contributed by atoms with E-state index in [1.165, 1.54) is 13.8 Å². The highest BCUT2D eigenvalue weighted by Gasteiger charge is 2.50. The molecule has 3 heterocycles. The second-order valence-electron chi connectivity index (χ2n) is 12.6. The second kappa shape index (κ2) is 19.0. The minimum absolute atomic E-state index is 0.0292. The van der Waals surface area contributed by atoms with Crippen molar-refractivity contribution in [2.24, 2.45) is 5.41 Å². The Hall–Kier alpha value is -3.22. The number of aromatic nitrogens is 4. The van der Waals surface area contributed by atoms with Crippen LogP contribution in [0.1, 0.15) is 36.9 Å². The molecule has 7 atom stereocenters. The molecular formula is C28H40N7O17P3S. The lowest BCUT2D eigenvalue weighted by Gasteiger charge is -2.30. The number of amides is 2. The maximum atomic E-state index is 12.7. The predicted molar refractivity (Wildman–Crippen MR) is 193 cm³/mol. The molecule has 0 saturated carbocycles. The van der Waals surface area contributed by atoms with Gasteiger partial charge < -0.3 is 50.9 Å². The number of phosphoric acid groups is 3. The van der Waals surface area contributed by atoms with Crippen LogP contribution in [0.2, 0.25) is 0 Å². The van der Waals surface area contributed by atoms with E-state index in [9.17, 15) is 57.9 Å². The van der Waals surface area contributed by atoms with E-state index in [1.807, 2.05) is 0 Å². The number of hydrogen-bond acceptors (Lipinski definition) is 18. The number of phosphoric ester groups is 3. The summed E-state index contributed by atoms with van der Waals surface area (Å²) in [5, 5.41) is 26.2. The molecule has 0 radical (unpaired) electrons. The van der Waals surface area contributed by atoms with Gasteiger partial charge in [-0.05, 0) is 0 Å². The lowest BCUT2D eigenvalue weighted by molar-refractivity contribution is -0.137. The van der Waals surface area contributed by atoms with E-state index in [-0.39, 0.29) is 41.6 Å². The fourth-order valence-electron chi connectivity index (χ4n) is 4.93. The van der Waals surface area contributed by atoms with Gasteiger partial charge in [-0.1, -0.05) is 55.9 Å². The Morgan fingerprint density at radius 2 is 1.70 bits per heavy atom. The van der Waals surface area contributed by atoms with Crippen molar-refractivity contribution in [3.05, 3.63) is 48.5 Å². The van der Waals surface area contributed by atoms with E-state index in [4.69, 9.17) is 19.5 Å². The van der Waals surface area contributed by atoms with Crippen LogP contribution < -0.4 is 16.4 Å². The fourth-order valence-corrected chi connectivity index (χ4v) is 8.45. The van der Waals surface area contributed by atoms with Crippen LogP contribution in [-0.4, -0.2) is 123 Å². The van der Waals surface area contributed by atoms with Gasteiger partial charge in [0.2, 0.25) is 16.9 Å². The molecule has 4 rings (SSSR count). The summed E-state index contributed by atoms with van der Waals surface area (Å²) in [4.78, 5) is 87.7. The highest BCUT2D eigenvalue weighted by Crippen LogP contribution is 2.61. The van der Waals surface area contributed by atoms with Crippen LogP contribution in [-0.2, 0) is 45.9 Å². The van der Waals surface area contributed by atoms with Crippen LogP contribution in [0.3, 0.4) is 0 Å². The number of rotatable bonds is 20. The topological polar surface area (TPSA) is 364 Å². The van der Waals surface area contributed by atoms with E-state index in [0.29, 0.717) is 11.3 Å². The molecule has 3 unspecified atom stereocenters. The maximum Gasteiger partial charge on any atom is 0.481 e. The van der Waals surface area contributed by atoms with Crippen LogP contribution in [0.4, 0.5) is 5.82 Å². The Morgan fingerprint density at radius 3 is 2.38 bits per heavy atom. The lowest BCUT2D eigenvalue weighted by atomic mass is 9.87. The molecule has 1 aromatic carbocycles. The minimum atomic E-state index is -5.57. The molecule has 28 heteroatoms. The predicted octanol–water partition coefficient (Wildman–Crippen LogP) is -0.0215. The number of aliphatic hydroxyl groups is 2. The number of anilines is 1. The molecule has 0 bridgehead atoms. The number of carbonyl (C=O) groups excluding carboxylic acids is 3. The standard InChI is InChI=1S/C28H40N7O17P3S/c1-28(2,22(38)25(39)31-9-8-18(36)30-10-11-56-27(40)16-6-4-3-5-7-16)13-49-55(46,47)52-54(44,45)48-12-17-21(51-53(41,42)43)20(37)26(50-17)35-15-34-19-23(29)32-14-33-24(19)35/h3-7,14-15,17,20-22,26,37-38H,8-13H2,1-2H3,(H,30,36)(H,31,39)(H,44,45)(H,46,47)(H2,29,32,33)(H2,41,42,43)/t17-,20+,21?,22+,26-/m1/s1. The summed E-state index contributed by atoms with van der Waals surface area (Å²) in [7, 11) is -16.4. The first-order valence-corrected chi connectivity index (χ1v) is 21.7. The summed E-state index contributed by atoms with van der Waals surface area (Å²) >= 11 is 1.02. The Morgan fingerprint density at radius 1 is 1.02 bits per heavy atom. The van der Waals surface area contributed by atoms with Gasteiger partial charge in [0.05, 0.1) is 19.5 Å². The number of ether oxygens (including phenoxy) is 1. The van der Waals surface area contributed by atoms with Crippen molar-refractivity contribution in [1.82, 2.24) is 30.2 Å². The fraction of sp³-hybridized carbons (Fsp3) is 0.500. The third-order valence-corrected chi connectivity index (χ3v) is 11.8. The van der Waals surface area contributed by atoms with Gasteiger partial charge in [-0.25, -0.2) is 28.6 Å². The third kappa shape index (κ3) is 12.9. The molecular weight excluding hydrogens is 831 g/mol. The molecule has 2 aromatic heterocycles. The number of imidazole rings is 1. The zero-order valence-corrected chi connectivity index (χ0v) is 33.0. The van der Waals surface area contributed by atoms with E-state index >= 15 is 0 Å². The van der Waals surface area contributed by atoms with Crippen LogP contribution in [0, 0.1) is 5.41 Å². The van der Waals surface area contributed by atoms with Gasteiger partial charge in [0, 0.05) is 36.2 Å². The molecule has 56 heavy (non-hydrogen) atoms. The minimum Gasteiger partial charge on any atom is -0.386 e. The number of fused-ring (bicyclic) bond motifs is 1. The summed E-state index contributed by atoms with van der Waals surface area (Å²) in [6.45, 7) is 0.448. The highest BCUT2D eigenvalue weighted by atomic mass is 32.2. The summed E-state index contributed by atoms with van der Waals surface area (Å²) < 4.78 is 62.1. The van der Waals surface area contributed by atoms with Crippen LogP contribution >= 0.6 is 35.2 Å². The normalized spacial score (nSPS) is 21.6. The molecule has 1 fully saturated rings. The largest absolute Gasteiger partial charge is 0.481 e. The van der Waals surface area contributed by atoms with Gasteiger partial charge in [-0.15, -0.1) is 0 Å². The van der Waals surface area contributed by atoms with Crippen molar-refractivity contribution in [2.75, 3.05) is 37.8 Å². The molecule has 10 N–H and O–H groups in total. The average molecular weight is 872 g/mol. The first-order valence-electron chi connectivity index (χ1n) is 16.2. The van der Waals surface area contributed by atoms with E-state index in [0.717, 1.165) is 29.0 Å². The number of aliphatic hydroxyl groups excluding tert-OH is 2. The monoisotopic (exact) mass is 871 g/mol. The summed E-state index contributed by atoms with van der Waals surface area (Å²) in [6.07, 6.45) is -6.94. The van der Waals surface area contributed by atoms with Crippen LogP contribution in [0.15, 0.2) is 43.0 Å². The van der Waals surface area contributed by atoms with Crippen molar-refractivity contribution in [2.45, 2.75) is 50.9 Å². The van der Waals surface area contributed by atoms with Crippen molar-refractivity contribution in [3.8, 4) is 0 Å². The number of carbonyl (C=O) groups is 3. The van der Waals surface area contributed by atoms with Gasteiger partial charge in [-0.2, -0.15) is 4.31 Å². The number of nitrogens with one attached hydrogen (secondary N) is 2. The summed E-state index contributed by atoms with van der Waals surface area (Å²) in [5.41, 5.74) is 4.78. The number of hydrogen-bond donors (Lipinski definition) is 9. The Balaban J connectivity index is 1.23. The molecule has 3 aromatic rings. The average Bonchev–Trinajstić information content (AvgIpc) is 3.68. The number of thioether (sulfide) groups is 1. The zero-order valence-electron chi connectivity index (χ0n) is 29.5. The Kier molecular flexibility index (Phi) is 15.4. The SMILES string of the molecule is CC(C)(COP(=O)(O)OP(=O)(O)OC[C@H]1O[C@@H](n2cnc3c(N)ncnc32)[C@@H](O)C1OP(=O)(O)O)[C@@H](O)C(=O)NCCC(=O)NCCSC(=O)c1ccccc1. The van der Waals surface area contributed by atoms with E-state index in [2.05, 4.69) is 34.4 Å². The van der Waals surface area contributed by atoms with Gasteiger partial charge in [0.1, 0.15) is 36.3 Å². The summed E-state index contributed by atoms with van der Waals surface area (Å²) in [6, 6.07) is 8.58. The van der Waals surface area contributed by atoms with Crippen LogP contribution in [0.5, 0.6) is 0 Å². The van der Waals surface area contributed by atoms with Crippen molar-refractivity contribution in [1.29, 1.82) is 0 Å².